The summed E-state index contributed by atoms with van der Waals surface area (Å²) in [5.41, 5.74) is 1.31. The molecule has 4 bridgehead atoms. The molecule has 1 saturated heterocycles. The van der Waals surface area contributed by atoms with Gasteiger partial charge in [-0.25, -0.2) is 0 Å². The van der Waals surface area contributed by atoms with E-state index in [1.54, 1.807) is 0 Å². The fraction of sp³-hybridized carbons (Fsp3) is 0.692. The second-order valence-electron chi connectivity index (χ2n) is 11.2. The zero-order valence-corrected chi connectivity index (χ0v) is 17.9. The topological polar surface area (TPSA) is 49.4 Å². The molecule has 5 saturated carbocycles. The second-order valence-corrected chi connectivity index (χ2v) is 11.2. The Hall–Kier alpha value is -1.84. The highest BCUT2D eigenvalue weighted by Crippen LogP contribution is 2.60. The third kappa shape index (κ3) is 3.01. The van der Waals surface area contributed by atoms with Crippen molar-refractivity contribution in [2.75, 3.05) is 13.1 Å². The van der Waals surface area contributed by atoms with Gasteiger partial charge in [0.05, 0.1) is 5.41 Å². The van der Waals surface area contributed by atoms with Gasteiger partial charge in [0.25, 0.3) is 0 Å². The zero-order chi connectivity index (χ0) is 20.3. The van der Waals surface area contributed by atoms with Gasteiger partial charge in [0, 0.05) is 18.5 Å². The summed E-state index contributed by atoms with van der Waals surface area (Å²) in [5.74, 6) is 2.68. The van der Waals surface area contributed by atoms with Gasteiger partial charge in [-0.15, -0.1) is 0 Å². The van der Waals surface area contributed by atoms with E-state index in [0.29, 0.717) is 12.5 Å². The van der Waals surface area contributed by atoms with Crippen molar-refractivity contribution in [2.45, 2.75) is 75.7 Å². The van der Waals surface area contributed by atoms with Gasteiger partial charge < -0.3 is 10.2 Å². The van der Waals surface area contributed by atoms with Crippen molar-refractivity contribution in [1.29, 1.82) is 0 Å². The van der Waals surface area contributed by atoms with Gasteiger partial charge in [-0.1, -0.05) is 30.3 Å². The molecule has 5 aliphatic carbocycles. The van der Waals surface area contributed by atoms with E-state index in [0.717, 1.165) is 69.2 Å². The van der Waals surface area contributed by atoms with E-state index >= 15 is 0 Å². The van der Waals surface area contributed by atoms with Crippen molar-refractivity contribution in [2.24, 2.45) is 23.2 Å². The summed E-state index contributed by atoms with van der Waals surface area (Å²) in [7, 11) is 0. The van der Waals surface area contributed by atoms with Crippen LogP contribution in [0.2, 0.25) is 0 Å². The molecule has 1 heterocycles. The first kappa shape index (κ1) is 18.9. The third-order valence-electron chi connectivity index (χ3n) is 9.15. The number of carbonyl (C=O) groups excluding carboxylic acids is 2. The first-order chi connectivity index (χ1) is 14.6. The smallest absolute Gasteiger partial charge is 0.242 e. The predicted molar refractivity (Wildman–Crippen MR) is 116 cm³/mol. The molecule has 1 N–H and O–H groups in total. The predicted octanol–water partition coefficient (Wildman–Crippen LogP) is 4.04. The van der Waals surface area contributed by atoms with Crippen LogP contribution in [0.1, 0.15) is 69.8 Å². The maximum atomic E-state index is 13.8. The van der Waals surface area contributed by atoms with E-state index in [-0.39, 0.29) is 22.8 Å². The fourth-order valence-corrected chi connectivity index (χ4v) is 7.84. The number of likely N-dealkylation sites (tertiary alicyclic amines) is 1. The van der Waals surface area contributed by atoms with E-state index in [2.05, 4.69) is 29.6 Å². The molecule has 4 heteroatoms. The van der Waals surface area contributed by atoms with Crippen molar-refractivity contribution in [3.63, 3.8) is 0 Å². The van der Waals surface area contributed by atoms with Crippen LogP contribution in [0, 0.1) is 23.2 Å². The van der Waals surface area contributed by atoms with Gasteiger partial charge in [0.15, 0.2) is 0 Å². The number of hydrogen-bond donors (Lipinski definition) is 1. The second kappa shape index (κ2) is 6.83. The lowest BCUT2D eigenvalue weighted by Gasteiger charge is -2.56. The minimum Gasteiger partial charge on any atom is -0.353 e. The molecule has 1 aromatic carbocycles. The minimum atomic E-state index is -0.253. The van der Waals surface area contributed by atoms with Crippen LogP contribution >= 0.6 is 0 Å². The molecule has 6 fully saturated rings. The highest BCUT2D eigenvalue weighted by atomic mass is 16.2. The molecule has 1 aliphatic heterocycles. The van der Waals surface area contributed by atoms with Crippen molar-refractivity contribution < 1.29 is 9.59 Å². The lowest BCUT2D eigenvalue weighted by Crippen LogP contribution is -2.57. The van der Waals surface area contributed by atoms with Gasteiger partial charge in [-0.3, -0.25) is 9.59 Å². The first-order valence-corrected chi connectivity index (χ1v) is 12.2. The number of rotatable bonds is 5. The molecular weight excluding hydrogens is 372 g/mol. The van der Waals surface area contributed by atoms with E-state index in [1.807, 2.05) is 11.0 Å². The lowest BCUT2D eigenvalue weighted by atomic mass is 9.49. The quantitative estimate of drug-likeness (QED) is 0.802. The zero-order valence-electron chi connectivity index (χ0n) is 17.9. The van der Waals surface area contributed by atoms with Crippen LogP contribution in [-0.4, -0.2) is 35.8 Å². The Morgan fingerprint density at radius 3 is 2.20 bits per heavy atom. The number of benzene rings is 1. The van der Waals surface area contributed by atoms with Crippen LogP contribution in [0.25, 0.3) is 0 Å². The molecule has 0 spiro atoms. The van der Waals surface area contributed by atoms with E-state index in [1.165, 1.54) is 24.8 Å². The van der Waals surface area contributed by atoms with Gasteiger partial charge in [0.1, 0.15) is 6.04 Å². The molecule has 0 aromatic heterocycles. The maximum absolute atomic E-state index is 13.8. The Bertz CT molecular complexity index is 809. The van der Waals surface area contributed by atoms with Gasteiger partial charge >= 0.3 is 0 Å². The molecule has 6 aliphatic rings. The number of hydrogen-bond acceptors (Lipinski definition) is 2. The summed E-state index contributed by atoms with van der Waals surface area (Å²) < 4.78 is 0. The molecule has 7 rings (SSSR count). The van der Waals surface area contributed by atoms with Crippen LogP contribution in [0.15, 0.2) is 30.3 Å². The summed E-state index contributed by atoms with van der Waals surface area (Å²) in [5, 5.41) is 3.25. The van der Waals surface area contributed by atoms with E-state index in [9.17, 15) is 9.59 Å². The highest BCUT2D eigenvalue weighted by molar-refractivity contribution is 5.91. The Balaban J connectivity index is 1.14. The van der Waals surface area contributed by atoms with E-state index in [4.69, 9.17) is 0 Å². The molecular formula is C26H34N2O2. The molecule has 1 aromatic rings. The average molecular weight is 407 g/mol. The Morgan fingerprint density at radius 2 is 1.60 bits per heavy atom. The summed E-state index contributed by atoms with van der Waals surface area (Å²) in [6, 6.07) is 10.3. The Morgan fingerprint density at radius 1 is 0.967 bits per heavy atom. The van der Waals surface area contributed by atoms with Crippen molar-refractivity contribution in [3.05, 3.63) is 35.9 Å². The van der Waals surface area contributed by atoms with Crippen molar-refractivity contribution in [1.82, 2.24) is 10.2 Å². The molecule has 160 valence electrons. The highest BCUT2D eigenvalue weighted by Gasteiger charge is 2.57. The molecule has 1 atom stereocenters. The largest absolute Gasteiger partial charge is 0.353 e. The first-order valence-electron chi connectivity index (χ1n) is 12.2. The lowest BCUT2D eigenvalue weighted by molar-refractivity contribution is -0.160. The van der Waals surface area contributed by atoms with Crippen LogP contribution in [0.4, 0.5) is 0 Å². The third-order valence-corrected chi connectivity index (χ3v) is 9.15. The van der Waals surface area contributed by atoms with Crippen LogP contribution < -0.4 is 5.32 Å². The molecule has 4 nitrogen and oxygen atoms in total. The Labute approximate surface area is 179 Å². The van der Waals surface area contributed by atoms with Crippen molar-refractivity contribution >= 4 is 11.8 Å². The molecule has 1 unspecified atom stereocenters. The van der Waals surface area contributed by atoms with E-state index < -0.39 is 0 Å². The number of carbonyl (C=O) groups is 2. The SMILES string of the molecule is O=C(NCC1(c2ccccc2)CC1)C1CCCN1C(=O)C12CC3CC(CC(C3)C1)C2. The summed E-state index contributed by atoms with van der Waals surface area (Å²) >= 11 is 0. The number of nitrogens with one attached hydrogen (secondary N) is 1. The van der Waals surface area contributed by atoms with Crippen LogP contribution in [0.3, 0.4) is 0 Å². The van der Waals surface area contributed by atoms with Gasteiger partial charge in [0.2, 0.25) is 11.8 Å². The van der Waals surface area contributed by atoms with Crippen LogP contribution in [0.5, 0.6) is 0 Å². The molecule has 30 heavy (non-hydrogen) atoms. The maximum Gasteiger partial charge on any atom is 0.242 e. The fourth-order valence-electron chi connectivity index (χ4n) is 7.84. The summed E-state index contributed by atoms with van der Waals surface area (Å²) in [4.78, 5) is 29.0. The summed E-state index contributed by atoms with van der Waals surface area (Å²) in [6.07, 6.45) is 11.3. The normalized spacial score (nSPS) is 37.9. The number of nitrogens with zero attached hydrogens (tertiary/aromatic N) is 1. The van der Waals surface area contributed by atoms with Gasteiger partial charge in [-0.2, -0.15) is 0 Å². The Kier molecular flexibility index (Phi) is 4.30. The van der Waals surface area contributed by atoms with Crippen molar-refractivity contribution in [3.8, 4) is 0 Å². The minimum absolute atomic E-state index is 0.0767. The number of amides is 2. The summed E-state index contributed by atoms with van der Waals surface area (Å²) in [6.45, 7) is 1.47. The molecule has 0 radical (unpaired) electrons. The average Bonchev–Trinajstić information content (AvgIpc) is 3.38. The molecule has 2 amide bonds. The van der Waals surface area contributed by atoms with Gasteiger partial charge in [-0.05, 0) is 87.5 Å². The monoisotopic (exact) mass is 406 g/mol. The van der Waals surface area contributed by atoms with Crippen LogP contribution in [-0.2, 0) is 15.0 Å². The standard InChI is InChI=1S/C26H34N2O2/c29-23(27-17-25(8-9-25)21-5-2-1-3-6-21)22-7-4-10-28(22)24(30)26-14-18-11-19(15-26)13-20(12-18)16-26/h1-3,5-6,18-20,22H,4,7-17H2,(H,27,29).